The summed E-state index contributed by atoms with van der Waals surface area (Å²) in [6, 6.07) is 26.1. The van der Waals surface area contributed by atoms with E-state index in [1.54, 1.807) is 0 Å². The van der Waals surface area contributed by atoms with Crippen LogP contribution in [0, 0.1) is 12.8 Å². The summed E-state index contributed by atoms with van der Waals surface area (Å²) in [5.41, 5.74) is 6.34. The number of aryl methyl sites for hydroxylation is 1. The molecular weight excluding hydrogens is 342 g/mol. The molecule has 0 fully saturated rings. The predicted molar refractivity (Wildman–Crippen MR) is 115 cm³/mol. The second-order valence-electron chi connectivity index (χ2n) is 7.88. The molecule has 3 aromatic rings. The van der Waals surface area contributed by atoms with Gasteiger partial charge < -0.3 is 10.1 Å². The van der Waals surface area contributed by atoms with Gasteiger partial charge in [-0.1, -0.05) is 84.4 Å². The lowest BCUT2D eigenvalue weighted by atomic mass is 9.77. The Hall–Kier alpha value is -3.00. The summed E-state index contributed by atoms with van der Waals surface area (Å²) in [6.45, 7) is 2.72. The number of hydrogen-bond donors (Lipinski definition) is 1. The van der Waals surface area contributed by atoms with Gasteiger partial charge in [0, 0.05) is 5.92 Å². The van der Waals surface area contributed by atoms with Crippen LogP contribution in [-0.2, 0) is 6.61 Å². The SMILES string of the molecule is Cc1ccc(C2Nc3c(OCc4ccccc4)cccc3C3C=CCC32)cc1. The van der Waals surface area contributed by atoms with Crippen LogP contribution in [0.25, 0.3) is 0 Å². The van der Waals surface area contributed by atoms with Crippen LogP contribution in [0.3, 0.4) is 0 Å². The van der Waals surface area contributed by atoms with E-state index in [9.17, 15) is 0 Å². The van der Waals surface area contributed by atoms with E-state index in [0.717, 1.165) is 17.9 Å². The van der Waals surface area contributed by atoms with Gasteiger partial charge in [-0.2, -0.15) is 0 Å². The Kier molecular flexibility index (Phi) is 4.40. The first-order valence-corrected chi connectivity index (χ1v) is 10.1. The fourth-order valence-electron chi connectivity index (χ4n) is 4.55. The number of ether oxygens (including phenoxy) is 1. The molecule has 2 aliphatic rings. The molecule has 2 nitrogen and oxygen atoms in total. The van der Waals surface area contributed by atoms with Crippen LogP contribution in [-0.4, -0.2) is 0 Å². The first-order valence-electron chi connectivity index (χ1n) is 10.1. The van der Waals surface area contributed by atoms with E-state index < -0.39 is 0 Å². The van der Waals surface area contributed by atoms with Crippen LogP contribution in [0.2, 0.25) is 0 Å². The third kappa shape index (κ3) is 3.09. The highest BCUT2D eigenvalue weighted by molar-refractivity contribution is 5.67. The lowest BCUT2D eigenvalue weighted by Gasteiger charge is -2.38. The highest BCUT2D eigenvalue weighted by Gasteiger charge is 2.38. The van der Waals surface area contributed by atoms with Gasteiger partial charge in [0.2, 0.25) is 0 Å². The second kappa shape index (κ2) is 7.20. The van der Waals surface area contributed by atoms with Crippen LogP contribution in [0.15, 0.2) is 84.9 Å². The third-order valence-electron chi connectivity index (χ3n) is 6.03. The number of anilines is 1. The van der Waals surface area contributed by atoms with Crippen molar-refractivity contribution in [2.75, 3.05) is 5.32 Å². The molecule has 3 unspecified atom stereocenters. The lowest BCUT2D eigenvalue weighted by molar-refractivity contribution is 0.304. The normalized spacial score (nSPS) is 22.2. The van der Waals surface area contributed by atoms with E-state index in [1.807, 2.05) is 6.07 Å². The summed E-state index contributed by atoms with van der Waals surface area (Å²) < 4.78 is 6.26. The summed E-state index contributed by atoms with van der Waals surface area (Å²) in [6.07, 6.45) is 5.84. The number of hydrogen-bond acceptors (Lipinski definition) is 2. The fraction of sp³-hybridized carbons (Fsp3) is 0.231. The molecule has 3 aromatic carbocycles. The fourth-order valence-corrected chi connectivity index (χ4v) is 4.55. The van der Waals surface area contributed by atoms with Crippen molar-refractivity contribution in [2.24, 2.45) is 5.92 Å². The van der Waals surface area contributed by atoms with Gasteiger partial charge in [-0.15, -0.1) is 0 Å². The minimum absolute atomic E-state index is 0.301. The van der Waals surface area contributed by atoms with Crippen molar-refractivity contribution in [1.29, 1.82) is 0 Å². The van der Waals surface area contributed by atoms with Gasteiger partial charge in [0.1, 0.15) is 12.4 Å². The molecule has 0 saturated heterocycles. The Morgan fingerprint density at radius 1 is 0.929 bits per heavy atom. The van der Waals surface area contributed by atoms with Gasteiger partial charge in [0.25, 0.3) is 0 Å². The monoisotopic (exact) mass is 367 g/mol. The van der Waals surface area contributed by atoms with Gasteiger partial charge in [0.15, 0.2) is 0 Å². The van der Waals surface area contributed by atoms with E-state index in [-0.39, 0.29) is 0 Å². The highest BCUT2D eigenvalue weighted by Crippen LogP contribution is 2.52. The van der Waals surface area contributed by atoms with Crippen LogP contribution in [0.5, 0.6) is 5.75 Å². The number of para-hydroxylation sites is 1. The summed E-state index contributed by atoms with van der Waals surface area (Å²) in [5, 5.41) is 3.84. The molecule has 5 rings (SSSR count). The first kappa shape index (κ1) is 17.1. The molecule has 0 amide bonds. The average Bonchev–Trinajstić information content (AvgIpc) is 3.23. The van der Waals surface area contributed by atoms with E-state index in [0.29, 0.717) is 24.5 Å². The van der Waals surface area contributed by atoms with Crippen molar-refractivity contribution in [3.63, 3.8) is 0 Å². The zero-order valence-corrected chi connectivity index (χ0v) is 16.1. The molecule has 0 spiro atoms. The van der Waals surface area contributed by atoms with Gasteiger partial charge >= 0.3 is 0 Å². The Morgan fingerprint density at radius 2 is 1.75 bits per heavy atom. The largest absolute Gasteiger partial charge is 0.487 e. The summed E-state index contributed by atoms with van der Waals surface area (Å²) >= 11 is 0. The van der Waals surface area contributed by atoms with Gasteiger partial charge in [-0.3, -0.25) is 0 Å². The molecular formula is C26H25NO. The molecule has 1 heterocycles. The molecule has 1 aliphatic carbocycles. The molecule has 140 valence electrons. The molecule has 28 heavy (non-hydrogen) atoms. The molecule has 0 bridgehead atoms. The van der Waals surface area contributed by atoms with Crippen molar-refractivity contribution in [3.05, 3.63) is 107 Å². The van der Waals surface area contributed by atoms with E-state index in [2.05, 4.69) is 91.1 Å². The zero-order valence-electron chi connectivity index (χ0n) is 16.1. The Labute approximate surface area is 166 Å². The number of fused-ring (bicyclic) bond motifs is 3. The Bertz CT molecular complexity index is 991. The molecule has 0 aromatic heterocycles. The Balaban J connectivity index is 1.49. The van der Waals surface area contributed by atoms with Crippen molar-refractivity contribution < 1.29 is 4.74 Å². The van der Waals surface area contributed by atoms with Crippen LogP contribution < -0.4 is 10.1 Å². The molecule has 2 heteroatoms. The van der Waals surface area contributed by atoms with Crippen molar-refractivity contribution >= 4 is 5.69 Å². The van der Waals surface area contributed by atoms with Crippen molar-refractivity contribution in [1.82, 2.24) is 0 Å². The summed E-state index contributed by atoms with van der Waals surface area (Å²) in [5.74, 6) is 1.94. The molecule has 0 saturated carbocycles. The lowest BCUT2D eigenvalue weighted by Crippen LogP contribution is -2.29. The van der Waals surface area contributed by atoms with Crippen LogP contribution >= 0.6 is 0 Å². The first-order chi connectivity index (χ1) is 13.8. The standard InChI is InChI=1S/C26H25NO/c1-18-13-15-20(16-14-18)25-22-10-5-9-21(22)23-11-6-12-24(26(23)27-25)28-17-19-7-3-2-4-8-19/h2-9,11-16,21-22,25,27H,10,17H2,1H3. The molecule has 1 aliphatic heterocycles. The van der Waals surface area contributed by atoms with E-state index >= 15 is 0 Å². The zero-order chi connectivity index (χ0) is 18.9. The minimum atomic E-state index is 0.301. The number of nitrogens with one attached hydrogen (secondary N) is 1. The third-order valence-corrected chi connectivity index (χ3v) is 6.03. The Morgan fingerprint density at radius 3 is 2.57 bits per heavy atom. The predicted octanol–water partition coefficient (Wildman–Crippen LogP) is 6.40. The smallest absolute Gasteiger partial charge is 0.143 e. The van der Waals surface area contributed by atoms with E-state index in [4.69, 9.17) is 4.74 Å². The van der Waals surface area contributed by atoms with Crippen LogP contribution in [0.1, 0.15) is 40.6 Å². The molecule has 0 radical (unpaired) electrons. The summed E-state index contributed by atoms with van der Waals surface area (Å²) in [4.78, 5) is 0. The summed E-state index contributed by atoms with van der Waals surface area (Å²) in [7, 11) is 0. The number of benzene rings is 3. The van der Waals surface area contributed by atoms with Gasteiger partial charge in [-0.05, 0) is 42.0 Å². The van der Waals surface area contributed by atoms with Gasteiger partial charge in [-0.25, -0.2) is 0 Å². The molecule has 1 N–H and O–H groups in total. The minimum Gasteiger partial charge on any atom is -0.487 e. The quantitative estimate of drug-likeness (QED) is 0.539. The number of rotatable bonds is 4. The topological polar surface area (TPSA) is 21.3 Å². The highest BCUT2D eigenvalue weighted by atomic mass is 16.5. The maximum atomic E-state index is 6.26. The van der Waals surface area contributed by atoms with Crippen LogP contribution in [0.4, 0.5) is 5.69 Å². The maximum Gasteiger partial charge on any atom is 0.143 e. The van der Waals surface area contributed by atoms with Gasteiger partial charge in [0.05, 0.1) is 11.7 Å². The number of allylic oxidation sites excluding steroid dienone is 2. The average molecular weight is 367 g/mol. The van der Waals surface area contributed by atoms with Crippen molar-refractivity contribution in [2.45, 2.75) is 31.9 Å². The van der Waals surface area contributed by atoms with E-state index in [1.165, 1.54) is 22.3 Å². The van der Waals surface area contributed by atoms with Crippen molar-refractivity contribution in [3.8, 4) is 5.75 Å². The second-order valence-corrected chi connectivity index (χ2v) is 7.88. The maximum absolute atomic E-state index is 6.26. The molecule has 3 atom stereocenters.